The molecule has 0 radical (unpaired) electrons. The van der Waals surface area contributed by atoms with Gasteiger partial charge < -0.3 is 15.0 Å². The van der Waals surface area contributed by atoms with Crippen molar-refractivity contribution in [3.8, 4) is 0 Å². The average molecular weight is 240 g/mol. The first kappa shape index (κ1) is 14.2. The summed E-state index contributed by atoms with van der Waals surface area (Å²) >= 11 is 0. The van der Waals surface area contributed by atoms with Gasteiger partial charge in [0, 0.05) is 51.6 Å². The molecule has 0 amide bonds. The Morgan fingerprint density at radius 3 is 2.94 bits per heavy atom. The molecule has 0 bridgehead atoms. The molecular weight excluding hydrogens is 216 g/mol. The van der Waals surface area contributed by atoms with E-state index in [2.05, 4.69) is 28.6 Å². The van der Waals surface area contributed by atoms with Crippen molar-refractivity contribution in [2.75, 3.05) is 39.9 Å². The highest BCUT2D eigenvalue weighted by Crippen LogP contribution is 1.99. The van der Waals surface area contributed by atoms with Crippen molar-refractivity contribution >= 4 is 0 Å². The Kier molecular flexibility index (Phi) is 6.84. The summed E-state index contributed by atoms with van der Waals surface area (Å²) in [6.45, 7) is 7.49. The van der Waals surface area contributed by atoms with E-state index in [1.54, 1.807) is 0 Å². The van der Waals surface area contributed by atoms with E-state index in [9.17, 15) is 0 Å². The number of aryl methyl sites for hydroxylation is 1. The Labute approximate surface area is 104 Å². The van der Waals surface area contributed by atoms with Crippen LogP contribution in [0.2, 0.25) is 0 Å². The molecule has 0 aliphatic carbocycles. The maximum absolute atomic E-state index is 5.25. The summed E-state index contributed by atoms with van der Waals surface area (Å²) in [4.78, 5) is 2.28. The molecule has 5 heteroatoms. The summed E-state index contributed by atoms with van der Waals surface area (Å²) in [5, 5.41) is 7.51. The van der Waals surface area contributed by atoms with Gasteiger partial charge in [0.15, 0.2) is 0 Å². The van der Waals surface area contributed by atoms with Gasteiger partial charge in [-0.1, -0.05) is 0 Å². The lowest BCUT2D eigenvalue weighted by atomic mass is 10.3. The molecule has 5 nitrogen and oxygen atoms in total. The second-order valence-electron chi connectivity index (χ2n) is 4.21. The van der Waals surface area contributed by atoms with E-state index in [1.807, 2.05) is 24.9 Å². The van der Waals surface area contributed by atoms with E-state index in [1.165, 1.54) is 5.56 Å². The van der Waals surface area contributed by atoms with E-state index < -0.39 is 0 Å². The van der Waals surface area contributed by atoms with Gasteiger partial charge >= 0.3 is 0 Å². The monoisotopic (exact) mass is 240 g/mol. The topological polar surface area (TPSA) is 42.3 Å². The highest BCUT2D eigenvalue weighted by atomic mass is 16.5. The predicted octanol–water partition coefficient (Wildman–Crippen LogP) is 0.478. The molecule has 0 aromatic carbocycles. The van der Waals surface area contributed by atoms with Gasteiger partial charge in [-0.15, -0.1) is 0 Å². The largest absolute Gasteiger partial charge is 0.380 e. The first-order valence-corrected chi connectivity index (χ1v) is 6.17. The first-order chi connectivity index (χ1) is 8.22. The highest BCUT2D eigenvalue weighted by Gasteiger charge is 2.01. The maximum Gasteiger partial charge on any atom is 0.0590 e. The molecule has 0 fully saturated rings. The van der Waals surface area contributed by atoms with Crippen LogP contribution in [0, 0.1) is 0 Å². The van der Waals surface area contributed by atoms with E-state index >= 15 is 0 Å². The number of nitrogens with zero attached hydrogens (tertiary/aromatic N) is 3. The third-order valence-corrected chi connectivity index (χ3v) is 2.51. The molecule has 17 heavy (non-hydrogen) atoms. The smallest absolute Gasteiger partial charge is 0.0590 e. The summed E-state index contributed by atoms with van der Waals surface area (Å²) in [6.07, 6.45) is 3.97. The number of rotatable bonds is 9. The third-order valence-electron chi connectivity index (χ3n) is 2.51. The summed E-state index contributed by atoms with van der Waals surface area (Å²) in [6, 6.07) is 0. The Morgan fingerprint density at radius 2 is 2.29 bits per heavy atom. The van der Waals surface area contributed by atoms with Crippen LogP contribution in [0.25, 0.3) is 0 Å². The maximum atomic E-state index is 5.25. The van der Waals surface area contributed by atoms with Crippen molar-refractivity contribution in [1.82, 2.24) is 20.0 Å². The van der Waals surface area contributed by atoms with Crippen LogP contribution in [0.15, 0.2) is 12.4 Å². The second-order valence-corrected chi connectivity index (χ2v) is 4.21. The van der Waals surface area contributed by atoms with E-state index in [-0.39, 0.29) is 0 Å². The molecule has 0 spiro atoms. The van der Waals surface area contributed by atoms with E-state index in [0.29, 0.717) is 0 Å². The molecule has 98 valence electrons. The Balaban J connectivity index is 2.03. The zero-order valence-corrected chi connectivity index (χ0v) is 11.1. The SMILES string of the molecule is CCOCCNCCN(C)Cc1cnn(C)c1. The van der Waals surface area contributed by atoms with Gasteiger partial charge in [-0.3, -0.25) is 4.68 Å². The fourth-order valence-electron chi connectivity index (χ4n) is 1.63. The summed E-state index contributed by atoms with van der Waals surface area (Å²) in [7, 11) is 4.07. The van der Waals surface area contributed by atoms with E-state index in [4.69, 9.17) is 4.74 Å². The third kappa shape index (κ3) is 6.41. The van der Waals surface area contributed by atoms with Crippen LogP contribution in [0.3, 0.4) is 0 Å². The van der Waals surface area contributed by atoms with Crippen LogP contribution in [-0.2, 0) is 18.3 Å². The lowest BCUT2D eigenvalue weighted by molar-refractivity contribution is 0.148. The standard InChI is InChI=1S/C12H24N4O/c1-4-17-8-6-13-5-7-15(2)10-12-9-14-16(3)11-12/h9,11,13H,4-8,10H2,1-3H3. The number of nitrogens with one attached hydrogen (secondary N) is 1. The second kappa shape index (κ2) is 8.22. The molecule has 1 rings (SSSR count). The molecule has 1 aromatic rings. The Bertz CT molecular complexity index is 300. The van der Waals surface area contributed by atoms with Gasteiger partial charge in [0.25, 0.3) is 0 Å². The van der Waals surface area contributed by atoms with Gasteiger partial charge in [0.1, 0.15) is 0 Å². The fourth-order valence-corrected chi connectivity index (χ4v) is 1.63. The quantitative estimate of drug-likeness (QED) is 0.638. The zero-order valence-electron chi connectivity index (χ0n) is 11.1. The first-order valence-electron chi connectivity index (χ1n) is 6.17. The molecule has 0 saturated heterocycles. The van der Waals surface area contributed by atoms with Gasteiger partial charge in [0.2, 0.25) is 0 Å². The van der Waals surface area contributed by atoms with E-state index in [0.717, 1.165) is 39.4 Å². The number of aromatic nitrogens is 2. The van der Waals surface area contributed by atoms with Crippen molar-refractivity contribution in [2.45, 2.75) is 13.5 Å². The molecule has 0 aliphatic heterocycles. The predicted molar refractivity (Wildman–Crippen MR) is 68.9 cm³/mol. The van der Waals surface area contributed by atoms with Gasteiger partial charge in [-0.05, 0) is 14.0 Å². The van der Waals surface area contributed by atoms with Gasteiger partial charge in [0.05, 0.1) is 12.8 Å². The minimum absolute atomic E-state index is 0.794. The number of likely N-dealkylation sites (N-methyl/N-ethyl adjacent to an activating group) is 1. The van der Waals surface area contributed by atoms with Gasteiger partial charge in [-0.2, -0.15) is 5.10 Å². The minimum Gasteiger partial charge on any atom is -0.380 e. The lowest BCUT2D eigenvalue weighted by Crippen LogP contribution is -2.30. The fraction of sp³-hybridized carbons (Fsp3) is 0.750. The minimum atomic E-state index is 0.794. The molecular formula is C12H24N4O. The van der Waals surface area contributed by atoms with Gasteiger partial charge in [-0.25, -0.2) is 0 Å². The van der Waals surface area contributed by atoms with Crippen molar-refractivity contribution in [2.24, 2.45) is 7.05 Å². The molecule has 0 unspecified atom stereocenters. The Morgan fingerprint density at radius 1 is 1.47 bits per heavy atom. The lowest BCUT2D eigenvalue weighted by Gasteiger charge is -2.15. The summed E-state index contributed by atoms with van der Waals surface area (Å²) < 4.78 is 7.09. The number of ether oxygens (including phenoxy) is 1. The van der Waals surface area contributed by atoms with Crippen LogP contribution in [-0.4, -0.2) is 54.6 Å². The van der Waals surface area contributed by atoms with Crippen LogP contribution >= 0.6 is 0 Å². The normalized spacial score (nSPS) is 11.3. The highest BCUT2D eigenvalue weighted by molar-refractivity contribution is 5.02. The molecule has 1 heterocycles. The molecule has 1 N–H and O–H groups in total. The molecule has 0 aliphatic rings. The molecule has 0 atom stereocenters. The van der Waals surface area contributed by atoms with Crippen LogP contribution in [0.1, 0.15) is 12.5 Å². The van der Waals surface area contributed by atoms with Crippen LogP contribution in [0.5, 0.6) is 0 Å². The van der Waals surface area contributed by atoms with Crippen LogP contribution in [0.4, 0.5) is 0 Å². The number of hydrogen-bond donors (Lipinski definition) is 1. The van der Waals surface area contributed by atoms with Crippen LogP contribution < -0.4 is 5.32 Å². The van der Waals surface area contributed by atoms with Crippen molar-refractivity contribution in [3.63, 3.8) is 0 Å². The zero-order chi connectivity index (χ0) is 12.5. The van der Waals surface area contributed by atoms with Crippen molar-refractivity contribution in [3.05, 3.63) is 18.0 Å². The van der Waals surface area contributed by atoms with Crippen molar-refractivity contribution < 1.29 is 4.74 Å². The number of hydrogen-bond acceptors (Lipinski definition) is 4. The van der Waals surface area contributed by atoms with Crippen molar-refractivity contribution in [1.29, 1.82) is 0 Å². The summed E-state index contributed by atoms with van der Waals surface area (Å²) in [5.74, 6) is 0. The average Bonchev–Trinajstić information content (AvgIpc) is 2.69. The summed E-state index contributed by atoms with van der Waals surface area (Å²) in [5.41, 5.74) is 1.25. The molecule has 0 saturated carbocycles. The Hall–Kier alpha value is -0.910. The molecule has 1 aromatic heterocycles.